The summed E-state index contributed by atoms with van der Waals surface area (Å²) in [5, 5.41) is 14.5. The molecule has 8 heteroatoms. The average Bonchev–Trinajstić information content (AvgIpc) is 3.17. The monoisotopic (exact) mass is 364 g/mol. The van der Waals surface area contributed by atoms with Crippen LogP contribution in [0.2, 0.25) is 0 Å². The molecule has 0 radical (unpaired) electrons. The van der Waals surface area contributed by atoms with Gasteiger partial charge in [0.15, 0.2) is 0 Å². The summed E-state index contributed by atoms with van der Waals surface area (Å²) in [6.45, 7) is 0. The maximum atomic E-state index is 12.0. The number of aromatic nitrogens is 1. The number of benzene rings is 2. The lowest BCUT2D eigenvalue weighted by Gasteiger charge is -2.04. The first-order chi connectivity index (χ1) is 13.1. The molecule has 27 heavy (non-hydrogen) atoms. The quantitative estimate of drug-likeness (QED) is 0.412. The summed E-state index contributed by atoms with van der Waals surface area (Å²) in [5.41, 5.74) is 4.37. The van der Waals surface area contributed by atoms with Crippen LogP contribution in [0.15, 0.2) is 72.1 Å². The van der Waals surface area contributed by atoms with Gasteiger partial charge in [0.1, 0.15) is 5.75 Å². The van der Waals surface area contributed by atoms with Crippen LogP contribution in [0.25, 0.3) is 5.69 Å². The summed E-state index contributed by atoms with van der Waals surface area (Å²) < 4.78 is 7.05. The van der Waals surface area contributed by atoms with Crippen LogP contribution >= 0.6 is 0 Å². The number of nitrogens with one attached hydrogen (secondary N) is 1. The van der Waals surface area contributed by atoms with Crippen molar-refractivity contribution in [3.05, 3.63) is 88.2 Å². The Balaban J connectivity index is 1.62. The minimum Gasteiger partial charge on any atom is -0.497 e. The molecule has 0 spiro atoms. The van der Waals surface area contributed by atoms with Crippen molar-refractivity contribution >= 4 is 17.8 Å². The van der Waals surface area contributed by atoms with Crippen molar-refractivity contribution in [1.82, 2.24) is 9.99 Å². The molecule has 0 aliphatic heterocycles. The first-order valence-electron chi connectivity index (χ1n) is 7.97. The molecule has 1 heterocycles. The molecule has 0 saturated heterocycles. The Labute approximate surface area is 154 Å². The van der Waals surface area contributed by atoms with Gasteiger partial charge in [0.2, 0.25) is 0 Å². The number of nitrogens with zero attached hydrogens (tertiary/aromatic N) is 3. The molecule has 8 nitrogen and oxygen atoms in total. The zero-order valence-corrected chi connectivity index (χ0v) is 14.4. The van der Waals surface area contributed by atoms with E-state index in [0.717, 1.165) is 17.0 Å². The molecular weight excluding hydrogens is 348 g/mol. The van der Waals surface area contributed by atoms with Gasteiger partial charge in [-0.15, -0.1) is 0 Å². The predicted octanol–water partition coefficient (Wildman–Crippen LogP) is 3.16. The number of hydrogen-bond donors (Lipinski definition) is 1. The molecule has 3 rings (SSSR count). The molecule has 0 aliphatic rings. The van der Waals surface area contributed by atoms with Crippen molar-refractivity contribution < 1.29 is 14.5 Å². The number of ether oxygens (including phenoxy) is 1. The van der Waals surface area contributed by atoms with Crippen LogP contribution in [-0.2, 0) is 0 Å². The minimum atomic E-state index is -0.521. The van der Waals surface area contributed by atoms with E-state index in [2.05, 4.69) is 10.5 Å². The van der Waals surface area contributed by atoms with E-state index in [4.69, 9.17) is 4.74 Å². The summed E-state index contributed by atoms with van der Waals surface area (Å²) in [5.74, 6) is 0.331. The van der Waals surface area contributed by atoms with E-state index in [-0.39, 0.29) is 11.3 Å². The number of rotatable bonds is 6. The highest BCUT2D eigenvalue weighted by Gasteiger charge is 2.08. The molecule has 0 saturated carbocycles. The maximum absolute atomic E-state index is 12.0. The van der Waals surface area contributed by atoms with E-state index in [1.54, 1.807) is 7.11 Å². The highest BCUT2D eigenvalue weighted by atomic mass is 16.6. The van der Waals surface area contributed by atoms with Gasteiger partial charge in [-0.2, -0.15) is 5.10 Å². The summed E-state index contributed by atoms with van der Waals surface area (Å²) in [6.07, 6.45) is 5.26. The van der Waals surface area contributed by atoms with Crippen LogP contribution in [0.4, 0.5) is 5.69 Å². The number of amides is 1. The number of nitro benzene ring substituents is 1. The summed E-state index contributed by atoms with van der Waals surface area (Å²) in [7, 11) is 1.62. The van der Waals surface area contributed by atoms with E-state index in [1.807, 2.05) is 47.3 Å². The van der Waals surface area contributed by atoms with Gasteiger partial charge in [-0.05, 0) is 42.5 Å². The van der Waals surface area contributed by atoms with Crippen molar-refractivity contribution in [1.29, 1.82) is 0 Å². The third-order valence-electron chi connectivity index (χ3n) is 3.81. The Morgan fingerprint density at radius 3 is 2.48 bits per heavy atom. The smallest absolute Gasteiger partial charge is 0.271 e. The molecule has 1 amide bonds. The van der Waals surface area contributed by atoms with Crippen LogP contribution in [0, 0.1) is 10.1 Å². The fourth-order valence-electron chi connectivity index (χ4n) is 2.37. The molecule has 0 atom stereocenters. The van der Waals surface area contributed by atoms with Crippen molar-refractivity contribution in [2.75, 3.05) is 7.11 Å². The lowest BCUT2D eigenvalue weighted by molar-refractivity contribution is -0.384. The predicted molar refractivity (Wildman–Crippen MR) is 100 cm³/mol. The number of hydrogen-bond acceptors (Lipinski definition) is 5. The fourth-order valence-corrected chi connectivity index (χ4v) is 2.37. The van der Waals surface area contributed by atoms with Gasteiger partial charge in [0, 0.05) is 41.3 Å². The fraction of sp³-hybridized carbons (Fsp3) is 0.0526. The molecule has 0 aliphatic carbocycles. The van der Waals surface area contributed by atoms with Crippen molar-refractivity contribution in [3.63, 3.8) is 0 Å². The number of hydrazone groups is 1. The second-order valence-electron chi connectivity index (χ2n) is 5.55. The molecule has 2 aromatic carbocycles. The molecule has 0 bridgehead atoms. The van der Waals surface area contributed by atoms with Crippen LogP contribution in [0.3, 0.4) is 0 Å². The molecule has 0 fully saturated rings. The van der Waals surface area contributed by atoms with Gasteiger partial charge in [0.05, 0.1) is 18.2 Å². The Bertz CT molecular complexity index is 976. The highest BCUT2D eigenvalue weighted by molar-refractivity contribution is 5.95. The van der Waals surface area contributed by atoms with E-state index in [0.29, 0.717) is 0 Å². The Kier molecular flexibility index (Phi) is 5.27. The SMILES string of the molecule is COc1ccc(-n2ccc(/C=N\NC(=O)c3ccc([N+](=O)[O-])cc3)c2)cc1. The third kappa shape index (κ3) is 4.37. The Morgan fingerprint density at radius 1 is 1.15 bits per heavy atom. The molecule has 136 valence electrons. The maximum Gasteiger partial charge on any atom is 0.271 e. The van der Waals surface area contributed by atoms with Crippen LogP contribution in [0.1, 0.15) is 15.9 Å². The number of nitro groups is 1. The van der Waals surface area contributed by atoms with Crippen molar-refractivity contribution in [2.24, 2.45) is 5.10 Å². The number of methoxy groups -OCH3 is 1. The first-order valence-corrected chi connectivity index (χ1v) is 7.97. The standard InChI is InChI=1S/C19H16N4O4/c1-27-18-8-6-16(7-9-18)22-11-10-14(13-22)12-20-21-19(24)15-2-4-17(5-3-15)23(25)26/h2-13H,1H3,(H,21,24)/b20-12-. The van der Waals surface area contributed by atoms with Crippen LogP contribution in [-0.4, -0.2) is 28.7 Å². The highest BCUT2D eigenvalue weighted by Crippen LogP contribution is 2.15. The van der Waals surface area contributed by atoms with E-state index >= 15 is 0 Å². The number of non-ortho nitro benzene ring substituents is 1. The lowest BCUT2D eigenvalue weighted by Crippen LogP contribution is -2.17. The van der Waals surface area contributed by atoms with Crippen molar-refractivity contribution in [3.8, 4) is 11.4 Å². The first kappa shape index (κ1) is 17.9. The number of carbonyl (C=O) groups is 1. The second-order valence-corrected chi connectivity index (χ2v) is 5.55. The van der Waals surface area contributed by atoms with Gasteiger partial charge in [-0.1, -0.05) is 0 Å². The van der Waals surface area contributed by atoms with Gasteiger partial charge in [0.25, 0.3) is 11.6 Å². The van der Waals surface area contributed by atoms with Gasteiger partial charge < -0.3 is 9.30 Å². The van der Waals surface area contributed by atoms with E-state index in [9.17, 15) is 14.9 Å². The van der Waals surface area contributed by atoms with Gasteiger partial charge in [-0.25, -0.2) is 5.43 Å². The molecular formula is C19H16N4O4. The zero-order chi connectivity index (χ0) is 19.2. The van der Waals surface area contributed by atoms with Crippen LogP contribution < -0.4 is 10.2 Å². The summed E-state index contributed by atoms with van der Waals surface area (Å²) in [4.78, 5) is 22.1. The second kappa shape index (κ2) is 7.96. The van der Waals surface area contributed by atoms with E-state index in [1.165, 1.54) is 30.5 Å². The molecule has 0 unspecified atom stereocenters. The normalized spacial score (nSPS) is 10.7. The Morgan fingerprint density at radius 2 is 1.85 bits per heavy atom. The molecule has 1 N–H and O–H groups in total. The minimum absolute atomic E-state index is 0.0741. The van der Waals surface area contributed by atoms with Gasteiger partial charge in [-0.3, -0.25) is 14.9 Å². The lowest BCUT2D eigenvalue weighted by atomic mass is 10.2. The Hall–Kier alpha value is -3.94. The number of carbonyl (C=O) groups excluding carboxylic acids is 1. The molecule has 1 aromatic heterocycles. The summed E-state index contributed by atoms with van der Waals surface area (Å²) >= 11 is 0. The zero-order valence-electron chi connectivity index (χ0n) is 14.4. The van der Waals surface area contributed by atoms with Gasteiger partial charge >= 0.3 is 0 Å². The van der Waals surface area contributed by atoms with Crippen molar-refractivity contribution in [2.45, 2.75) is 0 Å². The third-order valence-corrected chi connectivity index (χ3v) is 3.81. The van der Waals surface area contributed by atoms with Crippen LogP contribution in [0.5, 0.6) is 5.75 Å². The average molecular weight is 364 g/mol. The largest absolute Gasteiger partial charge is 0.497 e. The molecule has 3 aromatic rings. The summed E-state index contributed by atoms with van der Waals surface area (Å²) in [6, 6.07) is 14.7. The topological polar surface area (TPSA) is 98.8 Å². The van der Waals surface area contributed by atoms with E-state index < -0.39 is 10.8 Å².